The van der Waals surface area contributed by atoms with Crippen molar-refractivity contribution in [2.45, 2.75) is 13.0 Å². The molecule has 14 heavy (non-hydrogen) atoms. The Hall–Kier alpha value is -0.640. The summed E-state index contributed by atoms with van der Waals surface area (Å²) in [7, 11) is 0. The van der Waals surface area contributed by atoms with Crippen LogP contribution in [-0.4, -0.2) is 24.7 Å². The van der Waals surface area contributed by atoms with E-state index >= 15 is 0 Å². The van der Waals surface area contributed by atoms with Crippen LogP contribution in [0.2, 0.25) is 0 Å². The lowest BCUT2D eigenvalue weighted by Gasteiger charge is -2.23. The number of nitrogens with zero attached hydrogens (tertiary/aromatic N) is 1. The Labute approximate surface area is 90.3 Å². The van der Waals surface area contributed by atoms with Gasteiger partial charge < -0.3 is 10.1 Å². The third-order valence-electron chi connectivity index (χ3n) is 2.19. The normalized spacial score (nSPS) is 21.4. The maximum atomic E-state index is 5.37. The fraction of sp³-hybridized carbons (Fsp3) is 0.500. The molecule has 1 aliphatic rings. The number of rotatable bonds is 1. The van der Waals surface area contributed by atoms with E-state index in [2.05, 4.69) is 10.3 Å². The third kappa shape index (κ3) is 2.67. The van der Waals surface area contributed by atoms with E-state index in [-0.39, 0.29) is 18.4 Å². The van der Waals surface area contributed by atoms with Crippen LogP contribution >= 0.6 is 12.4 Å². The van der Waals surface area contributed by atoms with E-state index in [9.17, 15) is 0 Å². The monoisotopic (exact) mass is 214 g/mol. The lowest BCUT2D eigenvalue weighted by atomic mass is 10.1. The summed E-state index contributed by atoms with van der Waals surface area (Å²) in [5, 5.41) is 3.38. The van der Waals surface area contributed by atoms with Gasteiger partial charge in [-0.1, -0.05) is 6.07 Å². The highest BCUT2D eigenvalue weighted by Crippen LogP contribution is 2.13. The van der Waals surface area contributed by atoms with Crippen LogP contribution in [0.25, 0.3) is 0 Å². The lowest BCUT2D eigenvalue weighted by molar-refractivity contribution is 0.0756. The summed E-state index contributed by atoms with van der Waals surface area (Å²) >= 11 is 0. The zero-order chi connectivity index (χ0) is 9.10. The molecule has 1 N–H and O–H groups in total. The number of halogens is 1. The van der Waals surface area contributed by atoms with Crippen molar-refractivity contribution in [2.24, 2.45) is 0 Å². The van der Waals surface area contributed by atoms with Gasteiger partial charge >= 0.3 is 0 Å². The minimum atomic E-state index is 0. The van der Waals surface area contributed by atoms with Crippen LogP contribution in [-0.2, 0) is 4.74 Å². The molecule has 0 spiro atoms. The molecule has 1 aromatic heterocycles. The van der Waals surface area contributed by atoms with Crippen molar-refractivity contribution in [3.05, 3.63) is 29.6 Å². The van der Waals surface area contributed by atoms with Gasteiger partial charge in [-0.15, -0.1) is 12.4 Å². The number of morpholine rings is 1. The summed E-state index contributed by atoms with van der Waals surface area (Å²) in [5.74, 6) is 0. The summed E-state index contributed by atoms with van der Waals surface area (Å²) in [4.78, 5) is 4.45. The number of pyridine rings is 1. The van der Waals surface area contributed by atoms with E-state index < -0.39 is 0 Å². The van der Waals surface area contributed by atoms with Gasteiger partial charge in [0.2, 0.25) is 0 Å². The van der Waals surface area contributed by atoms with E-state index in [0.717, 1.165) is 31.1 Å². The van der Waals surface area contributed by atoms with E-state index in [1.54, 1.807) is 0 Å². The van der Waals surface area contributed by atoms with Crippen molar-refractivity contribution in [1.29, 1.82) is 0 Å². The molecule has 1 atom stereocenters. The Balaban J connectivity index is 0.000000980. The van der Waals surface area contributed by atoms with Crippen molar-refractivity contribution < 1.29 is 4.74 Å². The molecule has 1 aliphatic heterocycles. The zero-order valence-corrected chi connectivity index (χ0v) is 9.01. The quantitative estimate of drug-likeness (QED) is 0.769. The van der Waals surface area contributed by atoms with Crippen molar-refractivity contribution in [3.8, 4) is 0 Å². The molecule has 1 saturated heterocycles. The van der Waals surface area contributed by atoms with E-state index in [4.69, 9.17) is 4.74 Å². The first-order valence-electron chi connectivity index (χ1n) is 4.61. The first kappa shape index (κ1) is 11.4. The lowest BCUT2D eigenvalue weighted by Crippen LogP contribution is -2.35. The average Bonchev–Trinajstić information content (AvgIpc) is 2.19. The first-order valence-corrected chi connectivity index (χ1v) is 4.61. The van der Waals surface area contributed by atoms with Crippen molar-refractivity contribution in [1.82, 2.24) is 10.3 Å². The van der Waals surface area contributed by atoms with Crippen molar-refractivity contribution >= 4 is 12.4 Å². The smallest absolute Gasteiger partial charge is 0.0733 e. The van der Waals surface area contributed by atoms with E-state index in [1.165, 1.54) is 0 Å². The Morgan fingerprint density at radius 3 is 3.00 bits per heavy atom. The molecule has 1 fully saturated rings. The Morgan fingerprint density at radius 2 is 2.36 bits per heavy atom. The topological polar surface area (TPSA) is 34.1 Å². The highest BCUT2D eigenvalue weighted by Gasteiger charge is 2.15. The highest BCUT2D eigenvalue weighted by molar-refractivity contribution is 5.85. The second kappa shape index (κ2) is 5.29. The van der Waals surface area contributed by atoms with Crippen LogP contribution in [0.5, 0.6) is 0 Å². The number of hydrogen-bond donors (Lipinski definition) is 1. The van der Waals surface area contributed by atoms with E-state index in [1.807, 2.05) is 25.1 Å². The molecule has 0 unspecified atom stereocenters. The van der Waals surface area contributed by atoms with Gasteiger partial charge in [-0.25, -0.2) is 0 Å². The maximum Gasteiger partial charge on any atom is 0.0733 e. The molecule has 0 aliphatic carbocycles. The Bertz CT molecular complexity index is 287. The van der Waals surface area contributed by atoms with Gasteiger partial charge in [-0.05, 0) is 19.1 Å². The summed E-state index contributed by atoms with van der Waals surface area (Å²) in [6.45, 7) is 4.46. The molecule has 4 heteroatoms. The second-order valence-corrected chi connectivity index (χ2v) is 3.29. The largest absolute Gasteiger partial charge is 0.378 e. The van der Waals surface area contributed by atoms with Gasteiger partial charge in [0.15, 0.2) is 0 Å². The fourth-order valence-electron chi connectivity index (χ4n) is 1.51. The standard InChI is InChI=1S/C10H14N2O.ClH/c1-8-3-2-4-9(12-8)10-7-13-6-5-11-10;/h2-4,10-11H,5-7H2,1H3;1H/t10-;/m0./s1. The average molecular weight is 215 g/mol. The summed E-state index contributed by atoms with van der Waals surface area (Å²) < 4.78 is 5.37. The molecule has 78 valence electrons. The van der Waals surface area contributed by atoms with E-state index in [0.29, 0.717) is 0 Å². The molecule has 0 aromatic carbocycles. The van der Waals surface area contributed by atoms with Crippen LogP contribution in [0.3, 0.4) is 0 Å². The van der Waals surface area contributed by atoms with Crippen LogP contribution in [0.4, 0.5) is 0 Å². The predicted octanol–water partition coefficient (Wildman–Crippen LogP) is 1.47. The van der Waals surface area contributed by atoms with Crippen LogP contribution in [0.15, 0.2) is 18.2 Å². The molecule has 1 aromatic rings. The molecule has 0 radical (unpaired) electrons. The number of hydrogen-bond acceptors (Lipinski definition) is 3. The van der Waals surface area contributed by atoms with Crippen molar-refractivity contribution in [3.63, 3.8) is 0 Å². The molecular formula is C10H15ClN2O. The third-order valence-corrected chi connectivity index (χ3v) is 2.19. The van der Waals surface area contributed by atoms with Crippen LogP contribution < -0.4 is 5.32 Å². The number of aryl methyl sites for hydroxylation is 1. The molecule has 0 bridgehead atoms. The molecule has 0 amide bonds. The minimum Gasteiger partial charge on any atom is -0.378 e. The van der Waals surface area contributed by atoms with Crippen LogP contribution in [0, 0.1) is 6.92 Å². The molecular weight excluding hydrogens is 200 g/mol. The van der Waals surface area contributed by atoms with Crippen LogP contribution in [0.1, 0.15) is 17.4 Å². The fourth-order valence-corrected chi connectivity index (χ4v) is 1.51. The summed E-state index contributed by atoms with van der Waals surface area (Å²) in [6, 6.07) is 6.36. The van der Waals surface area contributed by atoms with Gasteiger partial charge in [0.25, 0.3) is 0 Å². The Morgan fingerprint density at radius 1 is 1.50 bits per heavy atom. The maximum absolute atomic E-state index is 5.37. The predicted molar refractivity (Wildman–Crippen MR) is 57.8 cm³/mol. The second-order valence-electron chi connectivity index (χ2n) is 3.29. The van der Waals surface area contributed by atoms with Gasteiger partial charge in [0.1, 0.15) is 0 Å². The van der Waals surface area contributed by atoms with Gasteiger partial charge in [0.05, 0.1) is 24.9 Å². The minimum absolute atomic E-state index is 0. The summed E-state index contributed by atoms with van der Waals surface area (Å²) in [6.07, 6.45) is 0. The molecule has 2 heterocycles. The molecule has 2 rings (SSSR count). The van der Waals surface area contributed by atoms with Crippen molar-refractivity contribution in [2.75, 3.05) is 19.8 Å². The van der Waals surface area contributed by atoms with Gasteiger partial charge in [-0.2, -0.15) is 0 Å². The molecule has 0 saturated carbocycles. The van der Waals surface area contributed by atoms with Gasteiger partial charge in [-0.3, -0.25) is 4.98 Å². The summed E-state index contributed by atoms with van der Waals surface area (Å²) in [5.41, 5.74) is 2.14. The number of aromatic nitrogens is 1. The number of ether oxygens (including phenoxy) is 1. The number of nitrogens with one attached hydrogen (secondary N) is 1. The molecule has 3 nitrogen and oxygen atoms in total. The SMILES string of the molecule is Cc1cccc([C@@H]2COCCN2)n1.Cl. The highest BCUT2D eigenvalue weighted by atomic mass is 35.5. The Kier molecular flexibility index (Phi) is 4.32. The van der Waals surface area contributed by atoms with Gasteiger partial charge in [0, 0.05) is 12.2 Å². The first-order chi connectivity index (χ1) is 6.36. The zero-order valence-electron chi connectivity index (χ0n) is 8.19.